The van der Waals surface area contributed by atoms with Gasteiger partial charge in [0.05, 0.1) is 17.6 Å². The number of rotatable bonds is 11. The molecule has 2 aromatic carbocycles. The van der Waals surface area contributed by atoms with Crippen molar-refractivity contribution >= 4 is 16.9 Å². The first-order valence-electron chi connectivity index (χ1n) is 12.4. The van der Waals surface area contributed by atoms with E-state index in [-0.39, 0.29) is 5.91 Å². The third-order valence-corrected chi connectivity index (χ3v) is 6.11. The third-order valence-electron chi connectivity index (χ3n) is 6.11. The van der Waals surface area contributed by atoms with Crippen molar-refractivity contribution in [1.82, 2.24) is 19.9 Å². The van der Waals surface area contributed by atoms with Crippen molar-refractivity contribution in [2.75, 3.05) is 13.2 Å². The maximum absolute atomic E-state index is 12.3. The molecule has 0 aliphatic carbocycles. The molecule has 4 rings (SSSR count). The Morgan fingerprint density at radius 3 is 2.66 bits per heavy atom. The number of carbonyl (C=O) groups is 1. The van der Waals surface area contributed by atoms with E-state index < -0.39 is 0 Å². The van der Waals surface area contributed by atoms with Crippen LogP contribution >= 0.6 is 0 Å². The summed E-state index contributed by atoms with van der Waals surface area (Å²) < 4.78 is 8.51. The van der Waals surface area contributed by atoms with E-state index in [4.69, 9.17) is 9.72 Å². The molecule has 35 heavy (non-hydrogen) atoms. The Morgan fingerprint density at radius 2 is 1.86 bits per heavy atom. The van der Waals surface area contributed by atoms with Gasteiger partial charge in [-0.3, -0.25) is 9.78 Å². The Hall–Kier alpha value is -3.67. The summed E-state index contributed by atoms with van der Waals surface area (Å²) >= 11 is 0. The summed E-state index contributed by atoms with van der Waals surface area (Å²) in [5.74, 6) is 2.38. The monoisotopic (exact) mass is 470 g/mol. The minimum absolute atomic E-state index is 0.0741. The van der Waals surface area contributed by atoms with Crippen molar-refractivity contribution in [1.29, 1.82) is 0 Å². The predicted octanol–water partition coefficient (Wildman–Crippen LogP) is 5.69. The number of aromatic nitrogens is 3. The zero-order chi connectivity index (χ0) is 24.6. The van der Waals surface area contributed by atoms with Gasteiger partial charge in [0, 0.05) is 37.5 Å². The van der Waals surface area contributed by atoms with Crippen LogP contribution in [0.4, 0.5) is 0 Å². The number of benzene rings is 2. The Morgan fingerprint density at radius 1 is 1.06 bits per heavy atom. The highest BCUT2D eigenvalue weighted by Gasteiger charge is 2.12. The second kappa shape index (κ2) is 11.6. The van der Waals surface area contributed by atoms with Crippen LogP contribution in [0, 0.1) is 6.92 Å². The van der Waals surface area contributed by atoms with Crippen molar-refractivity contribution in [3.05, 3.63) is 89.5 Å². The number of amides is 1. The Balaban J connectivity index is 1.35. The molecule has 0 unspecified atom stereocenters. The quantitative estimate of drug-likeness (QED) is 0.286. The summed E-state index contributed by atoms with van der Waals surface area (Å²) in [6.07, 6.45) is 5.75. The molecule has 0 aliphatic heterocycles. The van der Waals surface area contributed by atoms with Crippen LogP contribution in [0.2, 0.25) is 0 Å². The van der Waals surface area contributed by atoms with Gasteiger partial charge in [-0.2, -0.15) is 0 Å². The highest BCUT2D eigenvalue weighted by Crippen LogP contribution is 2.27. The molecule has 6 heteroatoms. The van der Waals surface area contributed by atoms with Crippen LogP contribution in [0.1, 0.15) is 59.9 Å². The number of nitrogens with zero attached hydrogens (tertiary/aromatic N) is 3. The molecule has 6 nitrogen and oxygen atoms in total. The molecule has 1 amide bonds. The zero-order valence-electron chi connectivity index (χ0n) is 20.8. The fourth-order valence-corrected chi connectivity index (χ4v) is 4.27. The fourth-order valence-electron chi connectivity index (χ4n) is 4.27. The van der Waals surface area contributed by atoms with Crippen molar-refractivity contribution in [2.45, 2.75) is 52.5 Å². The third kappa shape index (κ3) is 6.27. The summed E-state index contributed by atoms with van der Waals surface area (Å²) in [4.78, 5) is 21.1. The van der Waals surface area contributed by atoms with Crippen molar-refractivity contribution in [3.8, 4) is 5.75 Å². The van der Waals surface area contributed by atoms with E-state index in [1.807, 2.05) is 6.07 Å². The number of imidazole rings is 1. The molecule has 2 heterocycles. The number of hydrogen-bond acceptors (Lipinski definition) is 4. The molecular weight excluding hydrogens is 436 g/mol. The number of nitrogens with one attached hydrogen (secondary N) is 1. The summed E-state index contributed by atoms with van der Waals surface area (Å²) in [7, 11) is 0. The molecule has 0 saturated carbocycles. The number of carbonyl (C=O) groups excluding carboxylic acids is 1. The van der Waals surface area contributed by atoms with E-state index in [9.17, 15) is 4.79 Å². The van der Waals surface area contributed by atoms with Crippen LogP contribution in [-0.4, -0.2) is 33.6 Å². The minimum Gasteiger partial charge on any atom is -0.493 e. The molecule has 0 bridgehead atoms. The maximum Gasteiger partial charge on any atom is 0.251 e. The largest absolute Gasteiger partial charge is 0.493 e. The second-order valence-electron chi connectivity index (χ2n) is 9.16. The van der Waals surface area contributed by atoms with Gasteiger partial charge in [0.1, 0.15) is 11.6 Å². The first-order chi connectivity index (χ1) is 17.0. The van der Waals surface area contributed by atoms with Gasteiger partial charge in [-0.05, 0) is 67.1 Å². The molecule has 1 N–H and O–H groups in total. The average Bonchev–Trinajstić information content (AvgIpc) is 3.22. The lowest BCUT2D eigenvalue weighted by Crippen LogP contribution is -2.25. The van der Waals surface area contributed by atoms with Crippen LogP contribution < -0.4 is 10.1 Å². The van der Waals surface area contributed by atoms with Gasteiger partial charge in [-0.15, -0.1) is 0 Å². The Kier molecular flexibility index (Phi) is 8.14. The summed E-state index contributed by atoms with van der Waals surface area (Å²) in [6.45, 7) is 8.57. The molecule has 182 valence electrons. The van der Waals surface area contributed by atoms with Crippen molar-refractivity contribution < 1.29 is 9.53 Å². The molecule has 2 aromatic heterocycles. The van der Waals surface area contributed by atoms with Crippen LogP contribution in [0.3, 0.4) is 0 Å². The second-order valence-corrected chi connectivity index (χ2v) is 9.16. The van der Waals surface area contributed by atoms with E-state index in [1.54, 1.807) is 24.5 Å². The predicted molar refractivity (Wildman–Crippen MR) is 140 cm³/mol. The van der Waals surface area contributed by atoms with E-state index in [0.717, 1.165) is 48.4 Å². The summed E-state index contributed by atoms with van der Waals surface area (Å²) in [5, 5.41) is 2.99. The molecular formula is C29H34N4O2. The molecule has 0 atom stereocenters. The molecule has 0 fully saturated rings. The smallest absolute Gasteiger partial charge is 0.251 e. The Bertz CT molecular complexity index is 1260. The number of pyridine rings is 1. The van der Waals surface area contributed by atoms with E-state index in [1.165, 1.54) is 11.1 Å². The summed E-state index contributed by atoms with van der Waals surface area (Å²) in [6, 6.07) is 18.1. The lowest BCUT2D eigenvalue weighted by Gasteiger charge is -2.15. The highest BCUT2D eigenvalue weighted by molar-refractivity contribution is 5.93. The molecule has 0 aliphatic rings. The van der Waals surface area contributed by atoms with Gasteiger partial charge >= 0.3 is 0 Å². The molecule has 0 spiro atoms. The number of ether oxygens (including phenoxy) is 1. The Labute approximate surface area is 207 Å². The van der Waals surface area contributed by atoms with Gasteiger partial charge in [0.25, 0.3) is 5.91 Å². The topological polar surface area (TPSA) is 69.0 Å². The van der Waals surface area contributed by atoms with E-state index in [2.05, 4.69) is 72.0 Å². The van der Waals surface area contributed by atoms with E-state index >= 15 is 0 Å². The summed E-state index contributed by atoms with van der Waals surface area (Å²) in [5.41, 5.74) is 5.23. The van der Waals surface area contributed by atoms with Gasteiger partial charge in [-0.25, -0.2) is 4.98 Å². The van der Waals surface area contributed by atoms with Crippen LogP contribution in [0.25, 0.3) is 11.0 Å². The first kappa shape index (κ1) is 24.5. The number of aryl methyl sites for hydroxylation is 3. The number of fused-ring (bicyclic) bond motifs is 1. The van der Waals surface area contributed by atoms with Crippen LogP contribution in [0.15, 0.2) is 67.0 Å². The lowest BCUT2D eigenvalue weighted by atomic mass is 10.0. The first-order valence-corrected chi connectivity index (χ1v) is 12.4. The van der Waals surface area contributed by atoms with Crippen LogP contribution in [0.5, 0.6) is 5.75 Å². The van der Waals surface area contributed by atoms with Gasteiger partial charge < -0.3 is 14.6 Å². The van der Waals surface area contributed by atoms with Crippen LogP contribution in [-0.2, 0) is 13.0 Å². The fraction of sp³-hybridized carbons (Fsp3) is 0.345. The van der Waals surface area contributed by atoms with Gasteiger partial charge in [0.2, 0.25) is 0 Å². The number of para-hydroxylation sites is 2. The number of hydrogen-bond donors (Lipinski definition) is 1. The molecule has 4 aromatic rings. The standard InChI is InChI=1S/C29H34N4O2/c1-21(2)24-12-11-22(3)20-27(24)35-19-7-18-33-26-9-5-4-8-25(26)32-28(33)10-6-15-31-29(34)23-13-16-30-17-14-23/h4-5,8-9,11-14,16-17,20-21H,6-7,10,15,18-19H2,1-3H3,(H,31,34). The molecule has 0 saturated heterocycles. The molecule has 0 radical (unpaired) electrons. The van der Waals surface area contributed by atoms with Crippen molar-refractivity contribution in [2.24, 2.45) is 0 Å². The van der Waals surface area contributed by atoms with E-state index in [0.29, 0.717) is 24.6 Å². The maximum atomic E-state index is 12.3. The SMILES string of the molecule is Cc1ccc(C(C)C)c(OCCCn2c(CCCNC(=O)c3ccncc3)nc3ccccc32)c1. The lowest BCUT2D eigenvalue weighted by molar-refractivity contribution is 0.0953. The average molecular weight is 471 g/mol. The zero-order valence-corrected chi connectivity index (χ0v) is 20.8. The minimum atomic E-state index is -0.0741. The normalized spacial score (nSPS) is 11.2. The van der Waals surface area contributed by atoms with Gasteiger partial charge in [0.15, 0.2) is 0 Å². The highest BCUT2D eigenvalue weighted by atomic mass is 16.5. The van der Waals surface area contributed by atoms with Crippen molar-refractivity contribution in [3.63, 3.8) is 0 Å². The van der Waals surface area contributed by atoms with Gasteiger partial charge in [-0.1, -0.05) is 38.1 Å².